The van der Waals surface area contributed by atoms with Gasteiger partial charge in [-0.25, -0.2) is 19.9 Å². The van der Waals surface area contributed by atoms with E-state index in [2.05, 4.69) is 275 Å². The van der Waals surface area contributed by atoms with Gasteiger partial charge in [-0.1, -0.05) is 248 Å². The molecule has 0 aliphatic rings. The lowest BCUT2D eigenvalue weighted by atomic mass is 10.00. The lowest BCUT2D eigenvalue weighted by Gasteiger charge is -2.12. The summed E-state index contributed by atoms with van der Waals surface area (Å²) in [6.07, 6.45) is 0. The van der Waals surface area contributed by atoms with Crippen molar-refractivity contribution in [1.29, 1.82) is 0 Å². The maximum absolute atomic E-state index is 5.08. The fourth-order valence-corrected chi connectivity index (χ4v) is 16.0. The van der Waals surface area contributed by atoms with Crippen LogP contribution >= 0.6 is 0 Å². The molecule has 0 amide bonds. The van der Waals surface area contributed by atoms with Crippen molar-refractivity contribution >= 4 is 87.2 Å². The summed E-state index contributed by atoms with van der Waals surface area (Å²) in [6.45, 7) is 4.41. The highest BCUT2D eigenvalue weighted by molar-refractivity contribution is 6.15. The number of aromatic nitrogens is 10. The molecule has 0 unspecified atom stereocenters. The molecule has 0 spiro atoms. The molecule has 0 fully saturated rings. The number of rotatable bonds is 11. The van der Waals surface area contributed by atoms with Crippen molar-refractivity contribution in [1.82, 2.24) is 48.2 Å². The zero-order valence-electron chi connectivity index (χ0n) is 59.1. The number of nitrogens with zero attached hydrogens (tertiary/aromatic N) is 10. The monoisotopic (exact) mass is 1380 g/mol. The first-order chi connectivity index (χ1) is 53.4. The molecular weight excluding hydrogens is 1320 g/mol. The molecule has 15 aromatic carbocycles. The molecule has 0 radical (unpaired) electrons. The van der Waals surface area contributed by atoms with E-state index >= 15 is 0 Å². The van der Waals surface area contributed by atoms with Crippen LogP contribution in [0.1, 0.15) is 11.1 Å². The molecule has 0 N–H and O–H groups in total. The van der Waals surface area contributed by atoms with Crippen molar-refractivity contribution in [2.45, 2.75) is 13.8 Å². The highest BCUT2D eigenvalue weighted by Crippen LogP contribution is 2.43. The Labute approximate surface area is 622 Å². The highest BCUT2D eigenvalue weighted by atomic mass is 15.2. The molecule has 0 aliphatic carbocycles. The molecule has 0 atom stereocenters. The van der Waals surface area contributed by atoms with E-state index in [-0.39, 0.29) is 0 Å². The van der Waals surface area contributed by atoms with E-state index in [0.29, 0.717) is 35.1 Å². The number of hydrogen-bond acceptors (Lipinski definition) is 6. The van der Waals surface area contributed by atoms with Crippen LogP contribution < -0.4 is 0 Å². The molecule has 6 aromatic heterocycles. The van der Waals surface area contributed by atoms with Crippen LogP contribution in [0.25, 0.3) is 189 Å². The standard InChI is InChI=1S/C53H37N5.C45H29N5/c1-34-30-35(2)50-46(31-34)45-33-40(39-24-28-48-44(32-39)43-20-12-13-21-47(43)57(48)41-18-10-5-11-19-41)25-29-49(45)58(50)42-26-22-38(23-27-42)53-55-51(36-14-6-3-7-15-36)54-52(56-53)37-16-8-4-9-17-37;1-4-14-30(15-5-1)43-46-44(31-16-6-2-7-17-31)48-45(47-43)50-40-23-13-11-21-36(40)38-29-33(25-27-42(38)50)32-24-26-41-37(28-32)35-20-10-12-22-39(35)49(41)34-18-8-3-9-19-34/h3-33H,1-2H3;1-29H. The fourth-order valence-electron chi connectivity index (χ4n) is 16.0. The Balaban J connectivity index is 0.000000144. The third kappa shape index (κ3) is 11.0. The fraction of sp³-hybridized carbons (Fsp3) is 0.0204. The van der Waals surface area contributed by atoms with E-state index in [0.717, 1.165) is 72.2 Å². The third-order valence-electron chi connectivity index (χ3n) is 20.9. The Morgan fingerprint density at radius 2 is 0.454 bits per heavy atom. The van der Waals surface area contributed by atoms with E-state index in [1.807, 2.05) is 121 Å². The summed E-state index contributed by atoms with van der Waals surface area (Å²) < 4.78 is 9.30. The van der Waals surface area contributed by atoms with Gasteiger partial charge in [-0.2, -0.15) is 9.97 Å². The first kappa shape index (κ1) is 63.2. The summed E-state index contributed by atoms with van der Waals surface area (Å²) in [5, 5.41) is 9.74. The van der Waals surface area contributed by atoms with Crippen molar-refractivity contribution in [2.75, 3.05) is 0 Å². The molecule has 10 nitrogen and oxygen atoms in total. The normalized spacial score (nSPS) is 11.6. The van der Waals surface area contributed by atoms with Crippen LogP contribution in [0.5, 0.6) is 0 Å². The van der Waals surface area contributed by atoms with E-state index < -0.39 is 0 Å². The second-order valence-electron chi connectivity index (χ2n) is 27.6. The molecular formula is C98H66N10. The molecule has 6 heterocycles. The van der Waals surface area contributed by atoms with Crippen molar-refractivity contribution in [3.05, 3.63) is 375 Å². The summed E-state index contributed by atoms with van der Waals surface area (Å²) in [5.74, 6) is 3.81. The van der Waals surface area contributed by atoms with Gasteiger partial charge in [-0.05, 0) is 163 Å². The lowest BCUT2D eigenvalue weighted by Crippen LogP contribution is -2.06. The summed E-state index contributed by atoms with van der Waals surface area (Å²) in [7, 11) is 0. The molecule has 10 heteroatoms. The van der Waals surface area contributed by atoms with Gasteiger partial charge < -0.3 is 13.7 Å². The average Bonchev–Trinajstić information content (AvgIpc) is 1.58. The predicted molar refractivity (Wildman–Crippen MR) is 445 cm³/mol. The molecule has 21 aromatic rings. The first-order valence-corrected chi connectivity index (χ1v) is 36.5. The largest absolute Gasteiger partial charge is 0.309 e. The smallest absolute Gasteiger partial charge is 0.238 e. The minimum Gasteiger partial charge on any atom is -0.309 e. The zero-order chi connectivity index (χ0) is 71.8. The van der Waals surface area contributed by atoms with Crippen LogP contribution in [-0.4, -0.2) is 48.2 Å². The second kappa shape index (κ2) is 26.3. The minimum absolute atomic E-state index is 0.590. The van der Waals surface area contributed by atoms with Crippen LogP contribution in [0.3, 0.4) is 0 Å². The zero-order valence-corrected chi connectivity index (χ0v) is 59.1. The SMILES string of the molecule is Cc1cc(C)c2c(c1)c1cc(-c3ccc4c(c3)c3ccccc3n4-c3ccccc3)ccc1n2-c1ccc(-c2nc(-c3ccccc3)nc(-c3ccccc3)n2)cc1.c1ccc(-c2nc(-c3ccccc3)nc(-n3c4ccccc4c4cc(-c5ccc6c(c5)c5ccccc5n6-c5ccccc5)ccc43)n2)cc1. The number of fused-ring (bicyclic) bond motifs is 12. The Kier molecular flexibility index (Phi) is 15.4. The maximum Gasteiger partial charge on any atom is 0.238 e. The molecule has 108 heavy (non-hydrogen) atoms. The van der Waals surface area contributed by atoms with Gasteiger partial charge in [-0.3, -0.25) is 4.57 Å². The van der Waals surface area contributed by atoms with E-state index in [1.54, 1.807) is 0 Å². The van der Waals surface area contributed by atoms with Crippen LogP contribution in [0, 0.1) is 13.8 Å². The van der Waals surface area contributed by atoms with Crippen molar-refractivity contribution in [3.63, 3.8) is 0 Å². The number of hydrogen-bond donors (Lipinski definition) is 0. The summed E-state index contributed by atoms with van der Waals surface area (Å²) in [6, 6.07) is 128. The highest BCUT2D eigenvalue weighted by Gasteiger charge is 2.23. The van der Waals surface area contributed by atoms with Crippen LogP contribution in [0.2, 0.25) is 0 Å². The molecule has 508 valence electrons. The van der Waals surface area contributed by atoms with E-state index in [1.165, 1.54) is 93.2 Å². The summed E-state index contributed by atoms with van der Waals surface area (Å²) >= 11 is 0. The molecule has 0 saturated heterocycles. The van der Waals surface area contributed by atoms with Gasteiger partial charge in [0.25, 0.3) is 0 Å². The minimum atomic E-state index is 0.590. The van der Waals surface area contributed by atoms with Crippen molar-refractivity contribution < 1.29 is 0 Å². The van der Waals surface area contributed by atoms with Gasteiger partial charge in [0, 0.05) is 88.0 Å². The topological polar surface area (TPSA) is 97.1 Å². The van der Waals surface area contributed by atoms with Crippen molar-refractivity contribution in [3.8, 4) is 102 Å². The van der Waals surface area contributed by atoms with Crippen LogP contribution in [-0.2, 0) is 0 Å². The predicted octanol–water partition coefficient (Wildman–Crippen LogP) is 24.4. The Hall–Kier alpha value is -14.5. The first-order valence-electron chi connectivity index (χ1n) is 36.5. The molecule has 0 saturated carbocycles. The van der Waals surface area contributed by atoms with Crippen LogP contribution in [0.15, 0.2) is 364 Å². The summed E-state index contributed by atoms with van der Waals surface area (Å²) in [4.78, 5) is 29.9. The molecule has 0 aliphatic heterocycles. The maximum atomic E-state index is 5.08. The number of benzene rings is 15. The lowest BCUT2D eigenvalue weighted by molar-refractivity contribution is 0.953. The third-order valence-corrected chi connectivity index (χ3v) is 20.9. The second-order valence-corrected chi connectivity index (χ2v) is 27.6. The number of para-hydroxylation sites is 5. The van der Waals surface area contributed by atoms with Gasteiger partial charge in [0.05, 0.1) is 44.1 Å². The Bertz CT molecular complexity index is 6910. The Morgan fingerprint density at radius 3 is 0.833 bits per heavy atom. The summed E-state index contributed by atoms with van der Waals surface area (Å²) in [5.41, 5.74) is 24.6. The van der Waals surface area contributed by atoms with E-state index in [4.69, 9.17) is 29.9 Å². The average molecular weight is 1380 g/mol. The van der Waals surface area contributed by atoms with Gasteiger partial charge in [-0.15, -0.1) is 0 Å². The van der Waals surface area contributed by atoms with Crippen molar-refractivity contribution in [2.24, 2.45) is 0 Å². The quantitative estimate of drug-likeness (QED) is 0.128. The van der Waals surface area contributed by atoms with Gasteiger partial charge in [0.1, 0.15) is 0 Å². The van der Waals surface area contributed by atoms with Crippen LogP contribution in [0.4, 0.5) is 0 Å². The number of aryl methyl sites for hydroxylation is 2. The van der Waals surface area contributed by atoms with E-state index in [9.17, 15) is 0 Å². The van der Waals surface area contributed by atoms with Gasteiger partial charge >= 0.3 is 0 Å². The van der Waals surface area contributed by atoms with Gasteiger partial charge in [0.2, 0.25) is 5.95 Å². The van der Waals surface area contributed by atoms with Gasteiger partial charge in [0.15, 0.2) is 29.1 Å². The molecule has 0 bridgehead atoms. The Morgan fingerprint density at radius 1 is 0.185 bits per heavy atom. The molecule has 21 rings (SSSR count).